The van der Waals surface area contributed by atoms with Gasteiger partial charge in [-0.15, -0.1) is 0 Å². The highest BCUT2D eigenvalue weighted by Gasteiger charge is 2.39. The number of ether oxygens (including phenoxy) is 1. The fraction of sp³-hybridized carbons (Fsp3) is 0.435. The fourth-order valence-electron chi connectivity index (χ4n) is 3.87. The molecule has 27 heavy (non-hydrogen) atoms. The summed E-state index contributed by atoms with van der Waals surface area (Å²) < 4.78 is 4.81. The van der Waals surface area contributed by atoms with Gasteiger partial charge in [0.25, 0.3) is 0 Å². The average molecular weight is 370 g/mol. The summed E-state index contributed by atoms with van der Waals surface area (Å²) in [6, 6.07) is 17.6. The van der Waals surface area contributed by atoms with Gasteiger partial charge in [0.05, 0.1) is 12.7 Å². The minimum Gasteiger partial charge on any atom is -0.465 e. The molecular weight excluding hydrogens is 338 g/mol. The molecule has 0 fully saturated rings. The van der Waals surface area contributed by atoms with Crippen molar-refractivity contribution in [2.24, 2.45) is 0 Å². The van der Waals surface area contributed by atoms with Crippen LogP contribution in [0.3, 0.4) is 0 Å². The molecule has 0 saturated carbocycles. The number of hydrogen-bond acceptors (Lipinski definition) is 4. The van der Waals surface area contributed by atoms with Crippen molar-refractivity contribution in [3.8, 4) is 0 Å². The van der Waals surface area contributed by atoms with Crippen LogP contribution in [0.4, 0.5) is 0 Å². The van der Waals surface area contributed by atoms with E-state index in [4.69, 9.17) is 4.74 Å². The van der Waals surface area contributed by atoms with E-state index in [2.05, 4.69) is 32.6 Å². The molecule has 2 aromatic carbocycles. The first kappa shape index (κ1) is 21.1. The highest BCUT2D eigenvalue weighted by atomic mass is 16.5. The third-order valence-electron chi connectivity index (χ3n) is 4.89. The molecule has 0 aromatic heterocycles. The van der Waals surface area contributed by atoms with E-state index in [9.17, 15) is 9.90 Å². The van der Waals surface area contributed by atoms with Crippen LogP contribution in [0.2, 0.25) is 0 Å². The Morgan fingerprint density at radius 3 is 2.22 bits per heavy atom. The van der Waals surface area contributed by atoms with Gasteiger partial charge in [-0.25, -0.2) is 4.79 Å². The predicted octanol–water partition coefficient (Wildman–Crippen LogP) is 4.37. The van der Waals surface area contributed by atoms with Gasteiger partial charge in [0.15, 0.2) is 0 Å². The number of aryl methyl sites for hydroxylation is 1. The van der Waals surface area contributed by atoms with Crippen molar-refractivity contribution >= 4 is 5.97 Å². The number of esters is 1. The second-order valence-electron chi connectivity index (χ2n) is 7.47. The maximum Gasteiger partial charge on any atom is 0.337 e. The molecule has 0 spiro atoms. The number of nitrogens with zero attached hydrogens (tertiary/aromatic N) is 1. The zero-order valence-corrected chi connectivity index (χ0v) is 17.0. The highest BCUT2D eigenvalue weighted by molar-refractivity contribution is 5.89. The summed E-state index contributed by atoms with van der Waals surface area (Å²) in [5.74, 6) is -0.346. The van der Waals surface area contributed by atoms with E-state index in [1.165, 1.54) is 7.11 Å². The Morgan fingerprint density at radius 1 is 1.04 bits per heavy atom. The average Bonchev–Trinajstić information content (AvgIpc) is 2.66. The van der Waals surface area contributed by atoms with Crippen molar-refractivity contribution in [2.45, 2.75) is 58.3 Å². The second kappa shape index (κ2) is 9.16. The van der Waals surface area contributed by atoms with Gasteiger partial charge in [-0.05, 0) is 63.8 Å². The molecule has 1 N–H and O–H groups in total. The van der Waals surface area contributed by atoms with Gasteiger partial charge in [-0.2, -0.15) is 0 Å². The van der Waals surface area contributed by atoms with Crippen LogP contribution in [-0.4, -0.2) is 35.2 Å². The Kier molecular flexibility index (Phi) is 7.17. The topological polar surface area (TPSA) is 49.8 Å². The van der Waals surface area contributed by atoms with Gasteiger partial charge in [0, 0.05) is 12.1 Å². The number of hydrogen-bond donors (Lipinski definition) is 1. The van der Waals surface area contributed by atoms with Crippen LogP contribution in [0.1, 0.15) is 55.6 Å². The van der Waals surface area contributed by atoms with Crippen LogP contribution in [0.25, 0.3) is 0 Å². The van der Waals surface area contributed by atoms with E-state index >= 15 is 0 Å². The lowest BCUT2D eigenvalue weighted by molar-refractivity contribution is -0.151. The first-order chi connectivity index (χ1) is 12.8. The number of aliphatic hydroxyl groups is 1. The number of methoxy groups -OCH3 is 1. The van der Waals surface area contributed by atoms with E-state index in [0.29, 0.717) is 18.4 Å². The van der Waals surface area contributed by atoms with Crippen LogP contribution in [-0.2, 0) is 16.9 Å². The van der Waals surface area contributed by atoms with Crippen LogP contribution < -0.4 is 0 Å². The quantitative estimate of drug-likeness (QED) is 0.554. The summed E-state index contributed by atoms with van der Waals surface area (Å²) in [5, 5.41) is 11.8. The molecule has 0 bridgehead atoms. The molecule has 0 aliphatic carbocycles. The third-order valence-corrected chi connectivity index (χ3v) is 4.89. The first-order valence-electron chi connectivity index (χ1n) is 9.53. The molecular formula is C23H31NO3. The van der Waals surface area contributed by atoms with Crippen molar-refractivity contribution in [3.63, 3.8) is 0 Å². The van der Waals surface area contributed by atoms with Gasteiger partial charge in [0.2, 0.25) is 0 Å². The predicted molar refractivity (Wildman–Crippen MR) is 109 cm³/mol. The maximum absolute atomic E-state index is 11.8. The Morgan fingerprint density at radius 2 is 1.67 bits per heavy atom. The van der Waals surface area contributed by atoms with Crippen LogP contribution in [0, 0.1) is 0 Å². The van der Waals surface area contributed by atoms with Crippen molar-refractivity contribution < 1.29 is 14.6 Å². The van der Waals surface area contributed by atoms with Crippen molar-refractivity contribution in [3.05, 3.63) is 71.3 Å². The van der Waals surface area contributed by atoms with Crippen molar-refractivity contribution in [2.75, 3.05) is 7.11 Å². The summed E-state index contributed by atoms with van der Waals surface area (Å²) in [6.07, 6.45) is 1.17. The largest absolute Gasteiger partial charge is 0.465 e. The summed E-state index contributed by atoms with van der Waals surface area (Å²) >= 11 is 0. The molecule has 0 heterocycles. The molecule has 0 aliphatic rings. The molecule has 4 nitrogen and oxygen atoms in total. The molecule has 2 rings (SSSR count). The van der Waals surface area contributed by atoms with Crippen molar-refractivity contribution in [1.82, 2.24) is 4.90 Å². The minimum absolute atomic E-state index is 0.177. The zero-order valence-electron chi connectivity index (χ0n) is 17.0. The summed E-state index contributed by atoms with van der Waals surface area (Å²) in [6.45, 7) is 8.41. The SMILES string of the molecule is COC(=O)c1cccc(CCC(O)(c2ccccc2)N(C(C)C)C(C)C)c1. The maximum atomic E-state index is 11.8. The molecule has 146 valence electrons. The third kappa shape index (κ3) is 4.96. The lowest BCUT2D eigenvalue weighted by atomic mass is 9.91. The number of benzene rings is 2. The monoisotopic (exact) mass is 369 g/mol. The lowest BCUT2D eigenvalue weighted by Gasteiger charge is -2.45. The molecule has 0 radical (unpaired) electrons. The lowest BCUT2D eigenvalue weighted by Crippen LogP contribution is -2.53. The number of rotatable bonds is 8. The number of carbonyl (C=O) groups excluding carboxylic acids is 1. The van der Waals surface area contributed by atoms with E-state index in [1.54, 1.807) is 6.07 Å². The molecule has 1 atom stereocenters. The first-order valence-corrected chi connectivity index (χ1v) is 9.53. The van der Waals surface area contributed by atoms with Crippen LogP contribution in [0.5, 0.6) is 0 Å². The van der Waals surface area contributed by atoms with Gasteiger partial charge >= 0.3 is 5.97 Å². The second-order valence-corrected chi connectivity index (χ2v) is 7.47. The number of carbonyl (C=O) groups is 1. The molecule has 2 aromatic rings. The normalized spacial score (nSPS) is 13.8. The molecule has 0 amide bonds. The Balaban J connectivity index is 2.34. The minimum atomic E-state index is -1.09. The van der Waals surface area contributed by atoms with Crippen LogP contribution in [0.15, 0.2) is 54.6 Å². The van der Waals surface area contributed by atoms with Gasteiger partial charge < -0.3 is 9.84 Å². The molecule has 4 heteroatoms. The smallest absolute Gasteiger partial charge is 0.337 e. The van der Waals surface area contributed by atoms with Crippen LogP contribution >= 0.6 is 0 Å². The Labute approximate surface area is 162 Å². The fourth-order valence-corrected chi connectivity index (χ4v) is 3.87. The summed E-state index contributed by atoms with van der Waals surface area (Å²) in [5.41, 5.74) is 1.32. The summed E-state index contributed by atoms with van der Waals surface area (Å²) in [7, 11) is 1.38. The zero-order chi connectivity index (χ0) is 20.0. The van der Waals surface area contributed by atoms with Crippen molar-refractivity contribution in [1.29, 1.82) is 0 Å². The molecule has 0 aliphatic heterocycles. The Hall–Kier alpha value is -2.17. The van der Waals surface area contributed by atoms with E-state index in [1.807, 2.05) is 48.5 Å². The van der Waals surface area contributed by atoms with E-state index in [0.717, 1.165) is 11.1 Å². The van der Waals surface area contributed by atoms with Gasteiger partial charge in [-0.1, -0.05) is 42.5 Å². The highest BCUT2D eigenvalue weighted by Crippen LogP contribution is 2.34. The molecule has 1 unspecified atom stereocenters. The van der Waals surface area contributed by atoms with E-state index in [-0.39, 0.29) is 18.1 Å². The Bertz CT molecular complexity index is 734. The summed E-state index contributed by atoms with van der Waals surface area (Å²) in [4.78, 5) is 13.9. The van der Waals surface area contributed by atoms with E-state index < -0.39 is 5.72 Å². The van der Waals surface area contributed by atoms with Gasteiger partial charge in [0.1, 0.15) is 5.72 Å². The standard InChI is InChI=1S/C23H31NO3/c1-17(2)24(18(3)4)23(26,21-12-7-6-8-13-21)15-14-19-10-9-11-20(16-19)22(25)27-5/h6-13,16-18,26H,14-15H2,1-5H3. The molecule has 0 saturated heterocycles. The van der Waals surface area contributed by atoms with Gasteiger partial charge in [-0.3, -0.25) is 4.90 Å².